The highest BCUT2D eigenvalue weighted by Crippen LogP contribution is 2.40. The van der Waals surface area contributed by atoms with Gasteiger partial charge in [-0.15, -0.1) is 0 Å². The Kier molecular flexibility index (Phi) is 4.14. The Morgan fingerprint density at radius 3 is 2.30 bits per heavy atom. The molecule has 1 fully saturated rings. The third kappa shape index (κ3) is 3.47. The molecule has 1 aliphatic rings. The lowest BCUT2D eigenvalue weighted by molar-refractivity contribution is 0.282. The second-order valence-electron chi connectivity index (χ2n) is 5.60. The summed E-state index contributed by atoms with van der Waals surface area (Å²) in [5.41, 5.74) is 5.07. The van der Waals surface area contributed by atoms with Gasteiger partial charge >= 0.3 is 0 Å². The molecule has 1 aliphatic carbocycles. The molecular formula is C18H21NO. The van der Waals surface area contributed by atoms with Crippen molar-refractivity contribution >= 4 is 0 Å². The van der Waals surface area contributed by atoms with E-state index >= 15 is 0 Å². The van der Waals surface area contributed by atoms with E-state index in [4.69, 9.17) is 5.11 Å². The third-order valence-electron chi connectivity index (χ3n) is 3.86. The smallest absolute Gasteiger partial charge is 0.0681 e. The van der Waals surface area contributed by atoms with Gasteiger partial charge in [-0.3, -0.25) is 0 Å². The average Bonchev–Trinajstić information content (AvgIpc) is 3.33. The molecule has 0 aliphatic heterocycles. The van der Waals surface area contributed by atoms with Gasteiger partial charge in [-0.1, -0.05) is 48.5 Å². The van der Waals surface area contributed by atoms with Crippen LogP contribution in [0, 0.1) is 0 Å². The summed E-state index contributed by atoms with van der Waals surface area (Å²) in [5.74, 6) is 0.820. The maximum atomic E-state index is 9.01. The van der Waals surface area contributed by atoms with E-state index in [0.717, 1.165) is 24.6 Å². The number of aliphatic hydroxyl groups excluding tert-OH is 1. The zero-order valence-corrected chi connectivity index (χ0v) is 11.7. The number of rotatable bonds is 6. The summed E-state index contributed by atoms with van der Waals surface area (Å²) in [5, 5.41) is 12.5. The van der Waals surface area contributed by atoms with Gasteiger partial charge < -0.3 is 10.4 Å². The highest BCUT2D eigenvalue weighted by atomic mass is 16.3. The topological polar surface area (TPSA) is 32.3 Å². The first-order valence-corrected chi connectivity index (χ1v) is 7.33. The van der Waals surface area contributed by atoms with E-state index < -0.39 is 0 Å². The maximum absolute atomic E-state index is 9.01. The number of aliphatic hydroxyl groups is 1. The van der Waals surface area contributed by atoms with E-state index in [1.54, 1.807) is 0 Å². The second kappa shape index (κ2) is 6.21. The fourth-order valence-corrected chi connectivity index (χ4v) is 2.49. The van der Waals surface area contributed by atoms with Gasteiger partial charge in [0.1, 0.15) is 0 Å². The van der Waals surface area contributed by atoms with Gasteiger partial charge in [-0.2, -0.15) is 0 Å². The lowest BCUT2D eigenvalue weighted by Gasteiger charge is -2.07. The van der Waals surface area contributed by atoms with Crippen molar-refractivity contribution in [3.63, 3.8) is 0 Å². The zero-order chi connectivity index (χ0) is 13.8. The third-order valence-corrected chi connectivity index (χ3v) is 3.86. The van der Waals surface area contributed by atoms with Crippen LogP contribution in [0.3, 0.4) is 0 Å². The van der Waals surface area contributed by atoms with Crippen LogP contribution in [-0.4, -0.2) is 5.11 Å². The minimum atomic E-state index is 0.113. The van der Waals surface area contributed by atoms with E-state index in [-0.39, 0.29) is 6.61 Å². The van der Waals surface area contributed by atoms with Crippen LogP contribution in [0.5, 0.6) is 0 Å². The Morgan fingerprint density at radius 2 is 1.60 bits per heavy atom. The molecule has 0 amide bonds. The standard InChI is InChI=1S/C18H21NO/c20-13-15-6-4-14(5-7-15)11-19-12-16-2-1-3-18(10-16)17-8-9-17/h1-7,10,17,19-20H,8-9,11-13H2. The second-order valence-corrected chi connectivity index (χ2v) is 5.60. The molecule has 0 heterocycles. The minimum absolute atomic E-state index is 0.113. The van der Waals surface area contributed by atoms with Crippen molar-refractivity contribution < 1.29 is 5.11 Å². The molecule has 3 rings (SSSR count). The normalized spacial score (nSPS) is 14.4. The number of nitrogens with one attached hydrogen (secondary N) is 1. The molecular weight excluding hydrogens is 246 g/mol. The molecule has 2 nitrogen and oxygen atoms in total. The Labute approximate surface area is 120 Å². The molecule has 0 bridgehead atoms. The Morgan fingerprint density at radius 1 is 0.900 bits per heavy atom. The van der Waals surface area contributed by atoms with Gasteiger partial charge in [-0.05, 0) is 41.0 Å². The van der Waals surface area contributed by atoms with E-state index in [2.05, 4.69) is 41.7 Å². The van der Waals surface area contributed by atoms with Crippen molar-refractivity contribution in [3.8, 4) is 0 Å². The molecule has 0 spiro atoms. The lowest BCUT2D eigenvalue weighted by Crippen LogP contribution is -2.12. The molecule has 2 aromatic carbocycles. The van der Waals surface area contributed by atoms with Crippen molar-refractivity contribution in [1.82, 2.24) is 5.32 Å². The van der Waals surface area contributed by atoms with Gasteiger partial charge in [0.2, 0.25) is 0 Å². The van der Waals surface area contributed by atoms with E-state index in [0.29, 0.717) is 0 Å². The van der Waals surface area contributed by atoms with Gasteiger partial charge in [0.05, 0.1) is 6.61 Å². The summed E-state index contributed by atoms with van der Waals surface area (Å²) in [4.78, 5) is 0. The van der Waals surface area contributed by atoms with E-state index in [1.165, 1.54) is 29.5 Å². The zero-order valence-electron chi connectivity index (χ0n) is 11.7. The SMILES string of the molecule is OCc1ccc(CNCc2cccc(C3CC3)c2)cc1. The summed E-state index contributed by atoms with van der Waals surface area (Å²) < 4.78 is 0. The molecule has 0 unspecified atom stereocenters. The van der Waals surface area contributed by atoms with Crippen molar-refractivity contribution in [1.29, 1.82) is 0 Å². The van der Waals surface area contributed by atoms with Crippen LogP contribution < -0.4 is 5.32 Å². The monoisotopic (exact) mass is 267 g/mol. The van der Waals surface area contributed by atoms with Crippen LogP contribution in [0.15, 0.2) is 48.5 Å². The molecule has 0 radical (unpaired) electrons. The molecule has 0 atom stereocenters. The Hall–Kier alpha value is -1.64. The van der Waals surface area contributed by atoms with Crippen LogP contribution in [0.1, 0.15) is 41.0 Å². The van der Waals surface area contributed by atoms with Gasteiger partial charge in [0, 0.05) is 13.1 Å². The fourth-order valence-electron chi connectivity index (χ4n) is 2.49. The highest BCUT2D eigenvalue weighted by Gasteiger charge is 2.23. The quantitative estimate of drug-likeness (QED) is 0.841. The summed E-state index contributed by atoms with van der Waals surface area (Å²) in [6, 6.07) is 17.0. The van der Waals surface area contributed by atoms with E-state index in [9.17, 15) is 0 Å². The first kappa shape index (κ1) is 13.3. The Bertz CT molecular complexity index is 558. The molecule has 20 heavy (non-hydrogen) atoms. The number of hydrogen-bond acceptors (Lipinski definition) is 2. The summed E-state index contributed by atoms with van der Waals surface area (Å²) in [6.45, 7) is 1.88. The molecule has 104 valence electrons. The number of hydrogen-bond donors (Lipinski definition) is 2. The van der Waals surface area contributed by atoms with Gasteiger partial charge in [0.15, 0.2) is 0 Å². The van der Waals surface area contributed by atoms with Crippen molar-refractivity contribution in [3.05, 3.63) is 70.8 Å². The molecule has 2 aromatic rings. The average molecular weight is 267 g/mol. The number of benzene rings is 2. The molecule has 2 heteroatoms. The van der Waals surface area contributed by atoms with Crippen molar-refractivity contribution in [2.75, 3.05) is 0 Å². The Balaban J connectivity index is 1.52. The predicted molar refractivity (Wildman–Crippen MR) is 81.3 cm³/mol. The fraction of sp³-hybridized carbons (Fsp3) is 0.333. The molecule has 1 saturated carbocycles. The van der Waals surface area contributed by atoms with Crippen LogP contribution >= 0.6 is 0 Å². The first-order chi connectivity index (χ1) is 9.85. The van der Waals surface area contributed by atoms with Crippen LogP contribution in [0.25, 0.3) is 0 Å². The maximum Gasteiger partial charge on any atom is 0.0681 e. The molecule has 2 N–H and O–H groups in total. The van der Waals surface area contributed by atoms with Gasteiger partial charge in [-0.25, -0.2) is 0 Å². The first-order valence-electron chi connectivity index (χ1n) is 7.33. The predicted octanol–water partition coefficient (Wildman–Crippen LogP) is 3.35. The summed E-state index contributed by atoms with van der Waals surface area (Å²) in [6.07, 6.45) is 2.71. The van der Waals surface area contributed by atoms with Crippen LogP contribution in [0.4, 0.5) is 0 Å². The molecule has 0 aromatic heterocycles. The van der Waals surface area contributed by atoms with Crippen LogP contribution in [0.2, 0.25) is 0 Å². The van der Waals surface area contributed by atoms with Crippen LogP contribution in [-0.2, 0) is 19.7 Å². The summed E-state index contributed by atoms with van der Waals surface area (Å²) >= 11 is 0. The van der Waals surface area contributed by atoms with Gasteiger partial charge in [0.25, 0.3) is 0 Å². The summed E-state index contributed by atoms with van der Waals surface area (Å²) in [7, 11) is 0. The largest absolute Gasteiger partial charge is 0.392 e. The van der Waals surface area contributed by atoms with Crippen molar-refractivity contribution in [2.24, 2.45) is 0 Å². The highest BCUT2D eigenvalue weighted by molar-refractivity contribution is 5.29. The lowest BCUT2D eigenvalue weighted by atomic mass is 10.1. The van der Waals surface area contributed by atoms with Crippen molar-refractivity contribution in [2.45, 2.75) is 38.5 Å². The molecule has 0 saturated heterocycles. The minimum Gasteiger partial charge on any atom is -0.392 e. The van der Waals surface area contributed by atoms with E-state index in [1.807, 2.05) is 12.1 Å².